The Morgan fingerprint density at radius 3 is 1.77 bits per heavy atom. The predicted molar refractivity (Wildman–Crippen MR) is 260 cm³/mol. The molecule has 3 aromatic heterocycles. The molecule has 0 fully saturated rings. The molecule has 12 rings (SSSR count). The predicted octanol–water partition coefficient (Wildman–Crippen LogP) is 15.3. The molecule has 5 heteroatoms. The van der Waals surface area contributed by atoms with Crippen LogP contribution < -0.4 is 0 Å². The summed E-state index contributed by atoms with van der Waals surface area (Å²) < 4.78 is 112. The van der Waals surface area contributed by atoms with Crippen LogP contribution in [-0.4, -0.2) is 19.5 Å². The first-order valence-electron chi connectivity index (χ1n) is 25.9. The number of nitrogens with zero attached hydrogens (tertiary/aromatic N) is 4. The highest BCUT2D eigenvalue weighted by Crippen LogP contribution is 2.41. The van der Waals surface area contributed by atoms with Crippen molar-refractivity contribution in [3.63, 3.8) is 0 Å². The molecule has 4 nitrogen and oxygen atoms in total. The van der Waals surface area contributed by atoms with E-state index >= 15 is 0 Å². The third kappa shape index (κ3) is 6.26. The van der Waals surface area contributed by atoms with E-state index in [2.05, 4.69) is 18.2 Å². The summed E-state index contributed by atoms with van der Waals surface area (Å²) in [4.78, 5) is 15.4. The zero-order valence-electron chi connectivity index (χ0n) is 44.6. The zero-order valence-corrected chi connectivity index (χ0v) is 33.4. The van der Waals surface area contributed by atoms with Crippen LogP contribution in [0.15, 0.2) is 218 Å². The van der Waals surface area contributed by atoms with E-state index in [1.54, 1.807) is 17.4 Å². The molecule has 0 amide bonds. The van der Waals surface area contributed by atoms with E-state index in [0.717, 1.165) is 42.4 Å². The summed E-state index contributed by atoms with van der Waals surface area (Å²) in [5, 5.41) is 1.87. The highest BCUT2D eigenvalue weighted by Gasteiger charge is 2.21. The van der Waals surface area contributed by atoms with Crippen molar-refractivity contribution in [1.82, 2.24) is 19.5 Å². The molecule has 0 aliphatic rings. The normalized spacial score (nSPS) is 14.3. The SMILES string of the molecule is [2H]c1c([2H])c([2H])c(-c2c([2H])c([2H])c3c(c2[2H])c2c([2H])c([2H])c([2H])c([2H])c2n3-c2ccc(-c3ccc(-c4ccccc4)cc3)cc2-c2nc(-c3ccccc3)nc(-c3ccc4c(c3)sc3ccccc34)n2)c([2H])c1[2H]. The van der Waals surface area contributed by atoms with Gasteiger partial charge in [-0.05, 0) is 75.8 Å². The Labute approximate surface area is 379 Å². The van der Waals surface area contributed by atoms with E-state index in [-0.39, 0.29) is 33.3 Å². The maximum absolute atomic E-state index is 9.80. The molecule has 9 aromatic carbocycles. The summed E-state index contributed by atoms with van der Waals surface area (Å²) in [5.74, 6) is 0.840. The van der Waals surface area contributed by atoms with Crippen LogP contribution in [0.2, 0.25) is 0 Å². The Morgan fingerprint density at radius 2 is 0.968 bits per heavy atom. The van der Waals surface area contributed by atoms with Gasteiger partial charge in [0.2, 0.25) is 0 Å². The topological polar surface area (TPSA) is 43.6 Å². The van der Waals surface area contributed by atoms with E-state index < -0.39 is 83.6 Å². The summed E-state index contributed by atoms with van der Waals surface area (Å²) in [6.07, 6.45) is 0. The molecule has 0 atom stereocenters. The van der Waals surface area contributed by atoms with Gasteiger partial charge in [-0.2, -0.15) is 0 Å². The van der Waals surface area contributed by atoms with Crippen LogP contribution in [0.25, 0.3) is 115 Å². The van der Waals surface area contributed by atoms with Crippen molar-refractivity contribution in [2.24, 2.45) is 0 Å². The van der Waals surface area contributed by atoms with Crippen molar-refractivity contribution in [2.75, 3.05) is 0 Å². The third-order valence-electron chi connectivity index (χ3n) is 11.0. The minimum Gasteiger partial charge on any atom is -0.309 e. The number of thiophene rings is 1. The van der Waals surface area contributed by atoms with Crippen LogP contribution in [0.1, 0.15) is 16.4 Å². The molecule has 62 heavy (non-hydrogen) atoms. The minimum absolute atomic E-state index is 0.125. The average molecular weight is 821 g/mol. The molecule has 12 aromatic rings. The first-order valence-corrected chi connectivity index (χ1v) is 20.7. The number of hydrogen-bond acceptors (Lipinski definition) is 4. The molecule has 0 spiro atoms. The Hall–Kier alpha value is -7.99. The second-order valence-corrected chi connectivity index (χ2v) is 15.8. The Morgan fingerprint density at radius 1 is 0.371 bits per heavy atom. The molecule has 0 radical (unpaired) electrons. The number of aromatic nitrogens is 4. The van der Waals surface area contributed by atoms with Gasteiger partial charge in [0.05, 0.1) is 33.2 Å². The van der Waals surface area contributed by atoms with E-state index in [4.69, 9.17) is 24.5 Å². The van der Waals surface area contributed by atoms with Gasteiger partial charge in [-0.15, -0.1) is 11.3 Å². The standard InChI is InChI=1S/C57H36N4S/c1-4-14-37(15-5-1)39-24-26-40(27-25-39)43-30-33-52(61-50-22-12-10-20-45(50)48-34-42(29-32-51(48)61)38-16-6-2-7-17-38)49(35-43)57-59-55(41-18-8-3-9-19-41)58-56(60-57)44-28-31-47-46-21-11-13-23-53(46)62-54(47)36-44/h1-36H/i2D,6D,7D,10D,12D,16D,17D,20D,22D,29D,32D,34D. The zero-order chi connectivity index (χ0) is 51.4. The van der Waals surface area contributed by atoms with Gasteiger partial charge in [0, 0.05) is 47.6 Å². The molecular weight excluding hydrogens is 773 g/mol. The van der Waals surface area contributed by atoms with Gasteiger partial charge in [-0.25, -0.2) is 15.0 Å². The number of para-hydroxylation sites is 1. The van der Waals surface area contributed by atoms with Crippen molar-refractivity contribution in [1.29, 1.82) is 0 Å². The van der Waals surface area contributed by atoms with Gasteiger partial charge in [-0.1, -0.05) is 176 Å². The monoisotopic (exact) mass is 820 g/mol. The van der Waals surface area contributed by atoms with Crippen molar-refractivity contribution in [2.45, 2.75) is 0 Å². The van der Waals surface area contributed by atoms with Crippen molar-refractivity contribution in [3.8, 4) is 73.2 Å². The summed E-state index contributed by atoms with van der Waals surface area (Å²) in [6, 6.07) is 39.6. The number of benzene rings is 9. The fraction of sp³-hybridized carbons (Fsp3) is 0. The molecule has 0 aliphatic heterocycles. The van der Waals surface area contributed by atoms with Gasteiger partial charge in [-0.3, -0.25) is 0 Å². The van der Waals surface area contributed by atoms with E-state index in [0.29, 0.717) is 28.3 Å². The number of fused-ring (bicyclic) bond motifs is 6. The lowest BCUT2D eigenvalue weighted by Crippen LogP contribution is -2.04. The Kier molecular flexibility index (Phi) is 6.16. The van der Waals surface area contributed by atoms with Crippen LogP contribution in [0.3, 0.4) is 0 Å². The fourth-order valence-corrected chi connectivity index (χ4v) is 9.18. The molecule has 3 heterocycles. The molecule has 290 valence electrons. The average Bonchev–Trinajstić information content (AvgIpc) is 4.01. The van der Waals surface area contributed by atoms with E-state index in [9.17, 15) is 6.85 Å². The Bertz CT molecular complexity index is 4300. The molecular formula is C57H36N4S. The maximum atomic E-state index is 9.80. The van der Waals surface area contributed by atoms with Crippen LogP contribution in [0.4, 0.5) is 0 Å². The van der Waals surface area contributed by atoms with E-state index in [1.165, 1.54) is 4.57 Å². The molecule has 0 aliphatic carbocycles. The van der Waals surface area contributed by atoms with Gasteiger partial charge >= 0.3 is 0 Å². The van der Waals surface area contributed by atoms with Crippen LogP contribution >= 0.6 is 11.3 Å². The van der Waals surface area contributed by atoms with Crippen LogP contribution in [0, 0.1) is 0 Å². The van der Waals surface area contributed by atoms with Gasteiger partial charge in [0.15, 0.2) is 17.5 Å². The van der Waals surface area contributed by atoms with Crippen molar-refractivity contribution < 1.29 is 16.4 Å². The second kappa shape index (κ2) is 14.9. The van der Waals surface area contributed by atoms with Gasteiger partial charge < -0.3 is 4.57 Å². The van der Waals surface area contributed by atoms with Gasteiger partial charge in [0.1, 0.15) is 0 Å². The van der Waals surface area contributed by atoms with Crippen LogP contribution in [0.5, 0.6) is 0 Å². The largest absolute Gasteiger partial charge is 0.309 e. The van der Waals surface area contributed by atoms with Gasteiger partial charge in [0.25, 0.3) is 0 Å². The molecule has 0 unspecified atom stereocenters. The summed E-state index contributed by atoms with van der Waals surface area (Å²) in [7, 11) is 0. The van der Waals surface area contributed by atoms with Crippen molar-refractivity contribution in [3.05, 3.63) is 218 Å². The molecule has 0 N–H and O–H groups in total. The summed E-state index contributed by atoms with van der Waals surface area (Å²) in [6.45, 7) is 0. The lowest BCUT2D eigenvalue weighted by molar-refractivity contribution is 1.07. The quantitative estimate of drug-likeness (QED) is 0.161. The summed E-state index contributed by atoms with van der Waals surface area (Å²) in [5.41, 5.74) is 4.34. The molecule has 0 bridgehead atoms. The van der Waals surface area contributed by atoms with Crippen LogP contribution in [-0.2, 0) is 0 Å². The lowest BCUT2D eigenvalue weighted by atomic mass is 9.98. The molecule has 0 saturated carbocycles. The second-order valence-electron chi connectivity index (χ2n) is 14.7. The Balaban J connectivity index is 1.19. The first-order chi connectivity index (χ1) is 35.7. The smallest absolute Gasteiger partial charge is 0.166 e. The summed E-state index contributed by atoms with van der Waals surface area (Å²) >= 11 is 1.65. The fourth-order valence-electron chi connectivity index (χ4n) is 8.04. The highest BCUT2D eigenvalue weighted by atomic mass is 32.1. The minimum atomic E-state index is -0.703. The number of rotatable bonds is 7. The molecule has 0 saturated heterocycles. The highest BCUT2D eigenvalue weighted by molar-refractivity contribution is 7.25. The third-order valence-corrected chi connectivity index (χ3v) is 12.1. The lowest BCUT2D eigenvalue weighted by Gasteiger charge is -2.16. The van der Waals surface area contributed by atoms with E-state index in [1.807, 2.05) is 121 Å². The first kappa shape index (κ1) is 25.6. The van der Waals surface area contributed by atoms with Crippen molar-refractivity contribution >= 4 is 53.3 Å². The maximum Gasteiger partial charge on any atom is 0.166 e. The number of hydrogen-bond donors (Lipinski definition) is 0.